The summed E-state index contributed by atoms with van der Waals surface area (Å²) < 4.78 is 16.9. The van der Waals surface area contributed by atoms with Crippen LogP contribution in [0.3, 0.4) is 0 Å². The van der Waals surface area contributed by atoms with Crippen LogP contribution in [0.15, 0.2) is 45.6 Å². The van der Waals surface area contributed by atoms with Crippen molar-refractivity contribution in [2.24, 2.45) is 4.99 Å². The number of ether oxygens (including phenoxy) is 3. The Balaban J connectivity index is 2.04. The SMILES string of the molecule is COc1cccc(C2C(C(=O)OC(C)C)=C(C)N=C3SC=C(CC(=O)NCCN(C)C)N32)c1OC. The van der Waals surface area contributed by atoms with Gasteiger partial charge in [0.05, 0.1) is 44.1 Å². The maximum absolute atomic E-state index is 13.3. The minimum Gasteiger partial charge on any atom is -0.493 e. The topological polar surface area (TPSA) is 92.7 Å². The van der Waals surface area contributed by atoms with Gasteiger partial charge in [0, 0.05) is 24.4 Å². The van der Waals surface area contributed by atoms with Gasteiger partial charge in [-0.3, -0.25) is 4.79 Å². The summed E-state index contributed by atoms with van der Waals surface area (Å²) in [5, 5.41) is 5.56. The number of thioether (sulfide) groups is 1. The molecular weight excluding hydrogens is 468 g/mol. The molecule has 3 rings (SSSR count). The fourth-order valence-corrected chi connectivity index (χ4v) is 4.94. The Morgan fingerprint density at radius 1 is 1.23 bits per heavy atom. The molecule has 2 aliphatic rings. The molecule has 0 saturated heterocycles. The van der Waals surface area contributed by atoms with Crippen molar-refractivity contribution in [3.05, 3.63) is 46.1 Å². The van der Waals surface area contributed by atoms with Crippen molar-refractivity contribution in [3.8, 4) is 11.5 Å². The van der Waals surface area contributed by atoms with Gasteiger partial charge < -0.3 is 29.3 Å². The summed E-state index contributed by atoms with van der Waals surface area (Å²) in [5.74, 6) is 0.494. The van der Waals surface area contributed by atoms with Gasteiger partial charge in [-0.25, -0.2) is 9.79 Å². The van der Waals surface area contributed by atoms with Crippen molar-refractivity contribution >= 4 is 28.8 Å². The van der Waals surface area contributed by atoms with Gasteiger partial charge in [0.15, 0.2) is 16.7 Å². The van der Waals surface area contributed by atoms with E-state index in [1.807, 2.05) is 55.3 Å². The fourth-order valence-electron chi connectivity index (χ4n) is 3.98. The van der Waals surface area contributed by atoms with E-state index in [1.54, 1.807) is 27.2 Å². The normalized spacial score (nSPS) is 17.3. The monoisotopic (exact) mass is 502 g/mol. The highest BCUT2D eigenvalue weighted by atomic mass is 32.2. The van der Waals surface area contributed by atoms with Gasteiger partial charge in [-0.1, -0.05) is 23.9 Å². The molecule has 0 radical (unpaired) electrons. The van der Waals surface area contributed by atoms with E-state index in [4.69, 9.17) is 19.2 Å². The summed E-state index contributed by atoms with van der Waals surface area (Å²) in [4.78, 5) is 34.7. The number of nitrogens with one attached hydrogen (secondary N) is 1. The number of carbonyl (C=O) groups excluding carboxylic acids is 2. The standard InChI is InChI=1S/C25H34N4O5S/c1-15(2)34-24(31)21-16(3)27-25-29(17(14-35-25)13-20(30)26-11-12-28(4)5)22(21)18-9-8-10-19(32-6)23(18)33-7/h8-10,14-15,22H,11-13H2,1-7H3,(H,26,30). The number of amides is 1. The van der Waals surface area contributed by atoms with Crippen molar-refractivity contribution in [1.29, 1.82) is 0 Å². The van der Waals surface area contributed by atoms with Gasteiger partial charge in [-0.2, -0.15) is 0 Å². The van der Waals surface area contributed by atoms with E-state index in [0.29, 0.717) is 34.5 Å². The molecule has 1 aromatic carbocycles. The highest BCUT2D eigenvalue weighted by molar-refractivity contribution is 8.16. The number of likely N-dealkylation sites (N-methyl/N-ethyl adjacent to an activating group) is 1. The van der Waals surface area contributed by atoms with Gasteiger partial charge >= 0.3 is 5.97 Å². The predicted octanol–water partition coefficient (Wildman–Crippen LogP) is 3.30. The Kier molecular flexibility index (Phi) is 8.85. The Morgan fingerprint density at radius 2 is 1.97 bits per heavy atom. The molecular formula is C25H34N4O5S. The number of nitrogens with zero attached hydrogens (tertiary/aromatic N) is 3. The zero-order valence-electron chi connectivity index (χ0n) is 21.4. The van der Waals surface area contributed by atoms with E-state index in [-0.39, 0.29) is 18.4 Å². The van der Waals surface area contributed by atoms with E-state index in [9.17, 15) is 9.59 Å². The average Bonchev–Trinajstić information content (AvgIpc) is 3.18. The number of para-hydroxylation sites is 1. The van der Waals surface area contributed by atoms with E-state index >= 15 is 0 Å². The molecule has 2 heterocycles. The molecule has 0 spiro atoms. The van der Waals surface area contributed by atoms with Gasteiger partial charge in [0.2, 0.25) is 5.91 Å². The lowest BCUT2D eigenvalue weighted by molar-refractivity contribution is -0.143. The number of methoxy groups -OCH3 is 2. The Labute approximate surface area is 211 Å². The van der Waals surface area contributed by atoms with E-state index < -0.39 is 12.0 Å². The summed E-state index contributed by atoms with van der Waals surface area (Å²) >= 11 is 1.43. The van der Waals surface area contributed by atoms with Gasteiger partial charge in [0.25, 0.3) is 0 Å². The molecule has 1 amide bonds. The van der Waals surface area contributed by atoms with Crippen LogP contribution in [-0.4, -0.2) is 74.4 Å². The molecule has 1 N–H and O–H groups in total. The third-order valence-electron chi connectivity index (χ3n) is 5.51. The Morgan fingerprint density at radius 3 is 2.60 bits per heavy atom. The maximum atomic E-state index is 13.3. The van der Waals surface area contributed by atoms with E-state index in [2.05, 4.69) is 5.32 Å². The van der Waals surface area contributed by atoms with Crippen LogP contribution in [0.2, 0.25) is 0 Å². The molecule has 1 atom stereocenters. The minimum atomic E-state index is -0.602. The first-order valence-corrected chi connectivity index (χ1v) is 12.3. The number of rotatable bonds is 10. The van der Waals surface area contributed by atoms with Crippen molar-refractivity contribution in [3.63, 3.8) is 0 Å². The summed E-state index contributed by atoms with van der Waals surface area (Å²) in [5.41, 5.74) is 2.42. The van der Waals surface area contributed by atoms with Crippen molar-refractivity contribution < 1.29 is 23.8 Å². The molecule has 10 heteroatoms. The highest BCUT2D eigenvalue weighted by Crippen LogP contribution is 2.48. The number of amidine groups is 1. The predicted molar refractivity (Wildman–Crippen MR) is 137 cm³/mol. The van der Waals surface area contributed by atoms with Gasteiger partial charge in [-0.05, 0) is 46.3 Å². The molecule has 0 bridgehead atoms. The fraction of sp³-hybridized carbons (Fsp3) is 0.480. The molecule has 0 aliphatic carbocycles. The Bertz CT molecular complexity index is 1060. The number of hydrogen-bond acceptors (Lipinski definition) is 9. The Hall–Kier alpha value is -2.98. The largest absolute Gasteiger partial charge is 0.493 e. The van der Waals surface area contributed by atoms with Crippen LogP contribution in [0.4, 0.5) is 0 Å². The van der Waals surface area contributed by atoms with Gasteiger partial charge in [-0.15, -0.1) is 0 Å². The second-order valence-corrected chi connectivity index (χ2v) is 9.60. The maximum Gasteiger partial charge on any atom is 0.338 e. The number of carbonyl (C=O) groups is 2. The van der Waals surface area contributed by atoms with Crippen molar-refractivity contribution in [1.82, 2.24) is 15.1 Å². The molecule has 0 saturated carbocycles. The van der Waals surface area contributed by atoms with Crippen LogP contribution in [0, 0.1) is 0 Å². The molecule has 2 aliphatic heterocycles. The number of benzene rings is 1. The number of aliphatic imine (C=N–C) groups is 1. The highest BCUT2D eigenvalue weighted by Gasteiger charge is 2.42. The molecule has 0 aromatic heterocycles. The van der Waals surface area contributed by atoms with Crippen molar-refractivity contribution in [2.45, 2.75) is 39.3 Å². The summed E-state index contributed by atoms with van der Waals surface area (Å²) in [6, 6.07) is 4.94. The zero-order valence-corrected chi connectivity index (χ0v) is 22.2. The quantitative estimate of drug-likeness (QED) is 0.487. The smallest absolute Gasteiger partial charge is 0.338 e. The van der Waals surface area contributed by atoms with Crippen LogP contribution < -0.4 is 14.8 Å². The van der Waals surface area contributed by atoms with Crippen LogP contribution >= 0.6 is 11.8 Å². The lowest BCUT2D eigenvalue weighted by atomic mass is 9.92. The van der Waals surface area contributed by atoms with Gasteiger partial charge in [0.1, 0.15) is 0 Å². The average molecular weight is 503 g/mol. The molecule has 35 heavy (non-hydrogen) atoms. The molecule has 0 fully saturated rings. The third-order valence-corrected chi connectivity index (χ3v) is 6.40. The second kappa shape index (κ2) is 11.6. The molecule has 1 aromatic rings. The first kappa shape index (κ1) is 26.6. The molecule has 9 nitrogen and oxygen atoms in total. The van der Waals surface area contributed by atoms with Crippen molar-refractivity contribution in [2.75, 3.05) is 41.4 Å². The minimum absolute atomic E-state index is 0.103. The number of hydrogen-bond donors (Lipinski definition) is 1. The first-order chi connectivity index (χ1) is 16.7. The summed E-state index contributed by atoms with van der Waals surface area (Å²) in [6.07, 6.45) is -0.153. The van der Waals surface area contributed by atoms with Crippen LogP contribution in [-0.2, 0) is 14.3 Å². The zero-order chi connectivity index (χ0) is 25.7. The lowest BCUT2D eigenvalue weighted by Gasteiger charge is -2.37. The first-order valence-electron chi connectivity index (χ1n) is 11.5. The molecule has 1 unspecified atom stereocenters. The number of fused-ring (bicyclic) bond motifs is 1. The van der Waals surface area contributed by atoms with Crippen LogP contribution in [0.25, 0.3) is 0 Å². The molecule has 190 valence electrons. The lowest BCUT2D eigenvalue weighted by Crippen LogP contribution is -2.39. The summed E-state index contributed by atoms with van der Waals surface area (Å²) in [6.45, 7) is 6.70. The third kappa shape index (κ3) is 5.99. The van der Waals surface area contributed by atoms with Crippen LogP contribution in [0.1, 0.15) is 38.8 Å². The van der Waals surface area contributed by atoms with Crippen LogP contribution in [0.5, 0.6) is 11.5 Å². The summed E-state index contributed by atoms with van der Waals surface area (Å²) in [7, 11) is 7.05. The van der Waals surface area contributed by atoms with E-state index in [1.165, 1.54) is 11.8 Å². The number of esters is 1. The second-order valence-electron chi connectivity index (χ2n) is 8.76. The number of allylic oxidation sites excluding steroid dienone is 1. The van der Waals surface area contributed by atoms with E-state index in [0.717, 1.165) is 17.8 Å².